The molecule has 0 N–H and O–H groups in total. The second-order valence-corrected chi connectivity index (χ2v) is 18.1. The molecule has 60 heavy (non-hydrogen) atoms. The highest BCUT2D eigenvalue weighted by Crippen LogP contribution is 2.70. The van der Waals surface area contributed by atoms with Gasteiger partial charge in [0.15, 0.2) is 0 Å². The molecule has 0 unspecified atom stereocenters. The fourth-order valence-corrected chi connectivity index (χ4v) is 13.1. The molecule has 1 aromatic heterocycles. The van der Waals surface area contributed by atoms with Crippen LogP contribution in [0.3, 0.4) is 0 Å². The Morgan fingerprint density at radius 3 is 1.75 bits per heavy atom. The van der Waals surface area contributed by atoms with E-state index in [1.54, 1.807) is 11.1 Å². The zero-order chi connectivity index (χ0) is 39.4. The first kappa shape index (κ1) is 34.2. The summed E-state index contributed by atoms with van der Waals surface area (Å²) in [6, 6.07) is 72.7. The highest BCUT2D eigenvalue weighted by molar-refractivity contribution is 6.10. The van der Waals surface area contributed by atoms with E-state index >= 15 is 0 Å². The summed E-state index contributed by atoms with van der Waals surface area (Å²) < 4.78 is 2.39. The highest BCUT2D eigenvalue weighted by Gasteiger charge is 2.62. The van der Waals surface area contributed by atoms with E-state index in [0.29, 0.717) is 11.8 Å². The Balaban J connectivity index is 0.978. The van der Waals surface area contributed by atoms with Gasteiger partial charge < -0.3 is 9.47 Å². The fraction of sp³-hybridized carbons (Fsp3) is 0.172. The Kier molecular flexibility index (Phi) is 7.52. The van der Waals surface area contributed by atoms with E-state index in [1.165, 1.54) is 110 Å². The SMILES string of the molecule is c1ccc(-c2cc(N(c3ccccc3)c3ccc(-c4ccc5c(c4)c4ccccc4n5-c4ccccc4)cc3)cc3c2-c2ccccc2C32C3CC4CC(C3)CC2C4)cc1. The zero-order valence-electron chi connectivity index (χ0n) is 33.7. The lowest BCUT2D eigenvalue weighted by Crippen LogP contribution is -2.55. The van der Waals surface area contributed by atoms with Crippen LogP contribution in [0.4, 0.5) is 17.1 Å². The summed E-state index contributed by atoms with van der Waals surface area (Å²) in [7, 11) is 0. The lowest BCUT2D eigenvalue weighted by Gasteiger charge is -2.61. The molecule has 9 aromatic rings. The predicted octanol–water partition coefficient (Wildman–Crippen LogP) is 15.3. The van der Waals surface area contributed by atoms with Gasteiger partial charge in [-0.25, -0.2) is 0 Å². The van der Waals surface area contributed by atoms with E-state index in [0.717, 1.165) is 11.8 Å². The number of fused-ring (bicyclic) bond motifs is 6. The van der Waals surface area contributed by atoms with Crippen LogP contribution in [0.1, 0.15) is 43.2 Å². The van der Waals surface area contributed by atoms with Gasteiger partial charge >= 0.3 is 0 Å². The topological polar surface area (TPSA) is 8.17 Å². The monoisotopic (exact) mass is 770 g/mol. The minimum atomic E-state index is 0.0629. The maximum atomic E-state index is 2.64. The third-order valence-corrected chi connectivity index (χ3v) is 15.1. The van der Waals surface area contributed by atoms with Crippen LogP contribution in [-0.4, -0.2) is 4.57 Å². The van der Waals surface area contributed by atoms with Crippen molar-refractivity contribution in [1.82, 2.24) is 4.57 Å². The normalized spacial score (nSPS) is 22.1. The standard InChI is InChI=1S/C58H46N2/c1-4-14-41(15-5-1)51-36-48(37-54-57(51)50-21-10-12-22-53(50)58(54)43-31-38-30-39(33-43)34-44(58)32-38)59(45-16-6-2-7-17-45)47-27-24-40(25-28-47)42-26-29-56-52(35-42)49-20-11-13-23-55(49)60(56)46-18-8-3-9-19-46/h1-29,35-39,43-44H,30-34H2. The van der Waals surface area contributed by atoms with E-state index in [2.05, 4.69) is 204 Å². The van der Waals surface area contributed by atoms with Crippen molar-refractivity contribution < 1.29 is 0 Å². The van der Waals surface area contributed by atoms with Crippen LogP contribution in [0.2, 0.25) is 0 Å². The van der Waals surface area contributed by atoms with Gasteiger partial charge in [-0.3, -0.25) is 0 Å². The molecule has 4 fully saturated rings. The number of anilines is 3. The van der Waals surface area contributed by atoms with Gasteiger partial charge in [0.25, 0.3) is 0 Å². The summed E-state index contributed by atoms with van der Waals surface area (Å²) in [4.78, 5) is 2.51. The molecule has 4 bridgehead atoms. The molecule has 0 saturated heterocycles. The Bertz CT molecular complexity index is 3060. The Hall–Kier alpha value is -6.64. The van der Waals surface area contributed by atoms with Gasteiger partial charge in [0.2, 0.25) is 0 Å². The van der Waals surface area contributed by atoms with E-state index in [4.69, 9.17) is 0 Å². The van der Waals surface area contributed by atoms with Crippen LogP contribution in [-0.2, 0) is 5.41 Å². The minimum Gasteiger partial charge on any atom is -0.310 e. The fourth-order valence-electron chi connectivity index (χ4n) is 13.1. The largest absolute Gasteiger partial charge is 0.310 e. The van der Waals surface area contributed by atoms with E-state index in [1.807, 2.05) is 0 Å². The van der Waals surface area contributed by atoms with Gasteiger partial charge in [0, 0.05) is 38.9 Å². The molecule has 5 aliphatic rings. The molecule has 5 aliphatic carbocycles. The van der Waals surface area contributed by atoms with Crippen molar-refractivity contribution in [2.75, 3.05) is 4.90 Å². The number of rotatable bonds is 6. The maximum Gasteiger partial charge on any atom is 0.0541 e. The molecule has 0 radical (unpaired) electrons. The Morgan fingerprint density at radius 1 is 0.400 bits per heavy atom. The highest BCUT2D eigenvalue weighted by atomic mass is 15.1. The quantitative estimate of drug-likeness (QED) is 0.163. The molecule has 8 aromatic carbocycles. The molecule has 288 valence electrons. The third-order valence-electron chi connectivity index (χ3n) is 15.1. The lowest BCUT2D eigenvalue weighted by molar-refractivity contribution is -0.0399. The van der Waals surface area contributed by atoms with Crippen molar-refractivity contribution in [3.63, 3.8) is 0 Å². The van der Waals surface area contributed by atoms with Crippen LogP contribution in [0.25, 0.3) is 60.9 Å². The number of benzene rings is 8. The summed E-state index contributed by atoms with van der Waals surface area (Å²) in [6.45, 7) is 0. The molecule has 1 spiro atoms. The molecule has 2 nitrogen and oxygen atoms in total. The first-order valence-electron chi connectivity index (χ1n) is 22.1. The molecule has 2 heteroatoms. The van der Waals surface area contributed by atoms with Crippen molar-refractivity contribution in [3.8, 4) is 39.1 Å². The van der Waals surface area contributed by atoms with Gasteiger partial charge in [-0.05, 0) is 167 Å². The minimum absolute atomic E-state index is 0.0629. The van der Waals surface area contributed by atoms with Crippen LogP contribution in [0, 0.1) is 23.7 Å². The molecule has 0 aliphatic heterocycles. The van der Waals surface area contributed by atoms with Crippen molar-refractivity contribution in [3.05, 3.63) is 205 Å². The van der Waals surface area contributed by atoms with Crippen molar-refractivity contribution in [1.29, 1.82) is 0 Å². The van der Waals surface area contributed by atoms with E-state index < -0.39 is 0 Å². The number of hydrogen-bond donors (Lipinski definition) is 0. The average Bonchev–Trinajstić information content (AvgIpc) is 3.79. The molecule has 4 saturated carbocycles. The number of para-hydroxylation sites is 3. The van der Waals surface area contributed by atoms with Gasteiger partial charge in [0.05, 0.1) is 11.0 Å². The summed E-state index contributed by atoms with van der Waals surface area (Å²) in [5.41, 5.74) is 18.5. The summed E-state index contributed by atoms with van der Waals surface area (Å²) in [5.74, 6) is 3.18. The first-order chi connectivity index (χ1) is 29.7. The number of nitrogens with zero attached hydrogens (tertiary/aromatic N) is 2. The molecular formula is C58H46N2. The molecule has 14 rings (SSSR count). The predicted molar refractivity (Wildman–Crippen MR) is 250 cm³/mol. The zero-order valence-corrected chi connectivity index (χ0v) is 33.7. The number of hydrogen-bond acceptors (Lipinski definition) is 1. The molecule has 1 heterocycles. The van der Waals surface area contributed by atoms with Gasteiger partial charge in [-0.15, -0.1) is 0 Å². The molecule has 0 atom stereocenters. The third kappa shape index (κ3) is 4.94. The van der Waals surface area contributed by atoms with Gasteiger partial charge in [-0.1, -0.05) is 127 Å². The van der Waals surface area contributed by atoms with Crippen LogP contribution in [0.15, 0.2) is 194 Å². The van der Waals surface area contributed by atoms with E-state index in [9.17, 15) is 0 Å². The average molecular weight is 771 g/mol. The summed E-state index contributed by atoms with van der Waals surface area (Å²) in [6.07, 6.45) is 6.93. The number of aromatic nitrogens is 1. The Morgan fingerprint density at radius 2 is 1.00 bits per heavy atom. The smallest absolute Gasteiger partial charge is 0.0541 e. The van der Waals surface area contributed by atoms with Gasteiger partial charge in [-0.2, -0.15) is 0 Å². The van der Waals surface area contributed by atoms with Crippen molar-refractivity contribution in [2.24, 2.45) is 23.7 Å². The first-order valence-corrected chi connectivity index (χ1v) is 22.1. The lowest BCUT2D eigenvalue weighted by atomic mass is 9.43. The molecule has 0 amide bonds. The molecular weight excluding hydrogens is 725 g/mol. The van der Waals surface area contributed by atoms with Crippen LogP contribution >= 0.6 is 0 Å². The second kappa shape index (κ2) is 13.2. The Labute approximate surface area is 352 Å². The van der Waals surface area contributed by atoms with Crippen molar-refractivity contribution in [2.45, 2.75) is 37.5 Å². The van der Waals surface area contributed by atoms with Crippen LogP contribution < -0.4 is 4.90 Å². The summed E-state index contributed by atoms with van der Waals surface area (Å²) >= 11 is 0. The van der Waals surface area contributed by atoms with Crippen molar-refractivity contribution >= 4 is 38.9 Å². The maximum absolute atomic E-state index is 2.64. The van der Waals surface area contributed by atoms with Gasteiger partial charge in [0.1, 0.15) is 0 Å². The van der Waals surface area contributed by atoms with E-state index in [-0.39, 0.29) is 5.41 Å². The summed E-state index contributed by atoms with van der Waals surface area (Å²) in [5, 5.41) is 2.54. The second-order valence-electron chi connectivity index (χ2n) is 18.1. The van der Waals surface area contributed by atoms with Crippen LogP contribution in [0.5, 0.6) is 0 Å².